The Morgan fingerprint density at radius 3 is 2.96 bits per heavy atom. The number of hydrogen-bond acceptors (Lipinski definition) is 4. The number of benzene rings is 1. The van der Waals surface area contributed by atoms with E-state index in [1.54, 1.807) is 0 Å². The summed E-state index contributed by atoms with van der Waals surface area (Å²) in [5.74, 6) is -0.494. The van der Waals surface area contributed by atoms with E-state index in [-0.39, 0.29) is 11.6 Å². The van der Waals surface area contributed by atoms with Crippen LogP contribution in [0.5, 0.6) is 0 Å². The van der Waals surface area contributed by atoms with Crippen LogP contribution in [0.15, 0.2) is 40.1 Å². The Balaban J connectivity index is 1.75. The van der Waals surface area contributed by atoms with Crippen molar-refractivity contribution in [2.45, 2.75) is 12.5 Å². The van der Waals surface area contributed by atoms with Gasteiger partial charge in [0.2, 0.25) is 0 Å². The Hall–Kier alpha value is -2.67. The molecular formula is C16H18N4O3. The molecule has 1 unspecified atom stereocenters. The van der Waals surface area contributed by atoms with Crippen LogP contribution in [-0.4, -0.2) is 28.5 Å². The maximum atomic E-state index is 12.2. The van der Waals surface area contributed by atoms with Crippen LogP contribution in [0, 0.1) is 0 Å². The summed E-state index contributed by atoms with van der Waals surface area (Å²) in [6, 6.07) is 8.11. The number of amides is 1. The SMILES string of the molecule is Cn1c(=O)[nH]cc(C(=O)NCC2NCCc3ccccc32)c1=O. The summed E-state index contributed by atoms with van der Waals surface area (Å²) in [7, 11) is 1.33. The Bertz CT molecular complexity index is 853. The van der Waals surface area contributed by atoms with E-state index in [0.29, 0.717) is 6.54 Å². The zero-order valence-corrected chi connectivity index (χ0v) is 12.8. The summed E-state index contributed by atoms with van der Waals surface area (Å²) < 4.78 is 0.878. The number of fused-ring (bicyclic) bond motifs is 1. The van der Waals surface area contributed by atoms with Crippen molar-refractivity contribution in [3.8, 4) is 0 Å². The minimum absolute atomic E-state index is 0.00973. The molecule has 7 heteroatoms. The minimum atomic E-state index is -0.608. The molecule has 1 aliphatic heterocycles. The van der Waals surface area contributed by atoms with Gasteiger partial charge in [0.1, 0.15) is 5.56 Å². The van der Waals surface area contributed by atoms with Gasteiger partial charge in [0, 0.05) is 25.8 Å². The third-order valence-corrected chi connectivity index (χ3v) is 4.11. The van der Waals surface area contributed by atoms with Crippen LogP contribution >= 0.6 is 0 Å². The number of rotatable bonds is 3. The molecule has 23 heavy (non-hydrogen) atoms. The van der Waals surface area contributed by atoms with E-state index in [2.05, 4.69) is 21.7 Å². The smallest absolute Gasteiger partial charge is 0.328 e. The van der Waals surface area contributed by atoms with Crippen molar-refractivity contribution in [2.75, 3.05) is 13.1 Å². The molecule has 0 bridgehead atoms. The van der Waals surface area contributed by atoms with E-state index < -0.39 is 17.2 Å². The normalized spacial score (nSPS) is 16.7. The highest BCUT2D eigenvalue weighted by Gasteiger charge is 2.20. The van der Waals surface area contributed by atoms with Crippen molar-refractivity contribution in [1.29, 1.82) is 0 Å². The second kappa shape index (κ2) is 6.21. The van der Waals surface area contributed by atoms with Crippen molar-refractivity contribution in [1.82, 2.24) is 20.2 Å². The van der Waals surface area contributed by atoms with Crippen LogP contribution in [0.25, 0.3) is 0 Å². The first-order valence-corrected chi connectivity index (χ1v) is 7.46. The maximum Gasteiger partial charge on any atom is 0.328 e. The number of aromatic nitrogens is 2. The Labute approximate surface area is 132 Å². The van der Waals surface area contributed by atoms with Gasteiger partial charge in [-0.1, -0.05) is 24.3 Å². The van der Waals surface area contributed by atoms with Crippen molar-refractivity contribution < 1.29 is 4.79 Å². The van der Waals surface area contributed by atoms with Crippen LogP contribution in [0.3, 0.4) is 0 Å². The van der Waals surface area contributed by atoms with Crippen LogP contribution in [-0.2, 0) is 13.5 Å². The molecule has 1 atom stereocenters. The Morgan fingerprint density at radius 1 is 1.35 bits per heavy atom. The molecule has 2 heterocycles. The van der Waals surface area contributed by atoms with Crippen molar-refractivity contribution in [3.63, 3.8) is 0 Å². The monoisotopic (exact) mass is 314 g/mol. The molecule has 1 aromatic carbocycles. The molecule has 0 radical (unpaired) electrons. The van der Waals surface area contributed by atoms with Gasteiger partial charge < -0.3 is 15.6 Å². The van der Waals surface area contributed by atoms with Crippen LogP contribution in [0.1, 0.15) is 27.5 Å². The highest BCUT2D eigenvalue weighted by Crippen LogP contribution is 2.21. The first-order chi connectivity index (χ1) is 11.1. The number of hydrogen-bond donors (Lipinski definition) is 3. The Kier molecular flexibility index (Phi) is 4.12. The van der Waals surface area contributed by atoms with Crippen LogP contribution < -0.4 is 21.9 Å². The third kappa shape index (κ3) is 2.95. The number of nitrogens with zero attached hydrogens (tertiary/aromatic N) is 1. The van der Waals surface area contributed by atoms with E-state index in [0.717, 1.165) is 29.3 Å². The van der Waals surface area contributed by atoms with Gasteiger partial charge >= 0.3 is 5.69 Å². The molecule has 120 valence electrons. The predicted octanol–water partition coefficient (Wildman–Crippen LogP) is -0.310. The second-order valence-electron chi connectivity index (χ2n) is 5.54. The van der Waals surface area contributed by atoms with Gasteiger partial charge in [-0.3, -0.25) is 14.2 Å². The zero-order chi connectivity index (χ0) is 16.4. The number of nitrogens with one attached hydrogen (secondary N) is 3. The minimum Gasteiger partial charge on any atom is -0.350 e. The molecule has 1 amide bonds. The lowest BCUT2D eigenvalue weighted by atomic mass is 9.94. The summed E-state index contributed by atoms with van der Waals surface area (Å²) in [5.41, 5.74) is 1.20. The topological polar surface area (TPSA) is 96.0 Å². The van der Waals surface area contributed by atoms with Gasteiger partial charge in [0.25, 0.3) is 11.5 Å². The van der Waals surface area contributed by atoms with E-state index >= 15 is 0 Å². The molecule has 0 saturated carbocycles. The highest BCUT2D eigenvalue weighted by molar-refractivity contribution is 5.93. The van der Waals surface area contributed by atoms with Crippen molar-refractivity contribution in [2.24, 2.45) is 7.05 Å². The fourth-order valence-corrected chi connectivity index (χ4v) is 2.79. The highest BCUT2D eigenvalue weighted by atomic mass is 16.2. The fraction of sp³-hybridized carbons (Fsp3) is 0.312. The standard InChI is InChI=1S/C16H18N4O3/c1-20-15(22)12(8-19-16(20)23)14(21)18-9-13-11-5-3-2-4-10(11)6-7-17-13/h2-5,8,13,17H,6-7,9H2,1H3,(H,18,21)(H,19,23). The molecule has 0 fully saturated rings. The largest absolute Gasteiger partial charge is 0.350 e. The van der Waals surface area contributed by atoms with Gasteiger partial charge in [-0.25, -0.2) is 4.79 Å². The molecule has 1 aromatic heterocycles. The molecule has 0 saturated heterocycles. The number of H-pyrrole nitrogens is 1. The lowest BCUT2D eigenvalue weighted by Gasteiger charge is -2.27. The molecule has 7 nitrogen and oxygen atoms in total. The number of carbonyl (C=O) groups is 1. The number of aromatic amines is 1. The summed E-state index contributed by atoms with van der Waals surface area (Å²) in [6.07, 6.45) is 2.11. The first kappa shape index (κ1) is 15.2. The molecule has 0 spiro atoms. The van der Waals surface area contributed by atoms with E-state index in [4.69, 9.17) is 0 Å². The van der Waals surface area contributed by atoms with Gasteiger partial charge in [0.05, 0.1) is 0 Å². The van der Waals surface area contributed by atoms with E-state index in [1.165, 1.54) is 12.6 Å². The molecule has 2 aromatic rings. The van der Waals surface area contributed by atoms with Crippen molar-refractivity contribution >= 4 is 5.91 Å². The summed E-state index contributed by atoms with van der Waals surface area (Å²) in [4.78, 5) is 37.9. The Morgan fingerprint density at radius 2 is 2.13 bits per heavy atom. The lowest BCUT2D eigenvalue weighted by molar-refractivity contribution is 0.0946. The van der Waals surface area contributed by atoms with E-state index in [9.17, 15) is 14.4 Å². The summed E-state index contributed by atoms with van der Waals surface area (Å²) in [5, 5.41) is 6.12. The summed E-state index contributed by atoms with van der Waals surface area (Å²) >= 11 is 0. The molecule has 3 N–H and O–H groups in total. The lowest BCUT2D eigenvalue weighted by Crippen LogP contribution is -2.42. The molecule has 3 rings (SSSR count). The quantitative estimate of drug-likeness (QED) is 0.724. The van der Waals surface area contributed by atoms with Gasteiger partial charge in [0.15, 0.2) is 0 Å². The average molecular weight is 314 g/mol. The summed E-state index contributed by atoms with van der Waals surface area (Å²) in [6.45, 7) is 1.22. The van der Waals surface area contributed by atoms with Gasteiger partial charge in [-0.05, 0) is 24.1 Å². The van der Waals surface area contributed by atoms with Crippen LogP contribution in [0.4, 0.5) is 0 Å². The number of carbonyl (C=O) groups excluding carboxylic acids is 1. The predicted molar refractivity (Wildman–Crippen MR) is 85.5 cm³/mol. The maximum absolute atomic E-state index is 12.2. The second-order valence-corrected chi connectivity index (χ2v) is 5.54. The van der Waals surface area contributed by atoms with Crippen LogP contribution in [0.2, 0.25) is 0 Å². The molecule has 1 aliphatic rings. The van der Waals surface area contributed by atoms with Gasteiger partial charge in [-0.15, -0.1) is 0 Å². The third-order valence-electron chi connectivity index (χ3n) is 4.11. The molecule has 0 aliphatic carbocycles. The molecular weight excluding hydrogens is 296 g/mol. The van der Waals surface area contributed by atoms with Crippen molar-refractivity contribution in [3.05, 3.63) is 68.0 Å². The fourth-order valence-electron chi connectivity index (χ4n) is 2.79. The zero-order valence-electron chi connectivity index (χ0n) is 12.8. The van der Waals surface area contributed by atoms with E-state index in [1.807, 2.05) is 18.2 Å². The average Bonchev–Trinajstić information content (AvgIpc) is 2.57. The first-order valence-electron chi connectivity index (χ1n) is 7.46. The van der Waals surface area contributed by atoms with Gasteiger partial charge in [-0.2, -0.15) is 0 Å².